The van der Waals surface area contributed by atoms with Gasteiger partial charge in [0, 0.05) is 49.4 Å². The largest absolute Gasteiger partial charge is 0.492 e. The summed E-state index contributed by atoms with van der Waals surface area (Å²) < 4.78 is 5.85. The Morgan fingerprint density at radius 2 is 1.93 bits per heavy atom. The summed E-state index contributed by atoms with van der Waals surface area (Å²) in [6, 6.07) is 7.83. The average molecular weight is 393 g/mol. The minimum Gasteiger partial charge on any atom is -0.492 e. The molecule has 0 radical (unpaired) electrons. The number of rotatable bonds is 4. The summed E-state index contributed by atoms with van der Waals surface area (Å²) in [7, 11) is 0. The molecule has 6 nitrogen and oxygen atoms in total. The molecule has 0 unspecified atom stereocenters. The molecule has 2 aliphatic heterocycles. The standard InChI is InChI=1S/C23H27N3O3/c27-22(28)23-14-26(13-19(23)18-8-4-5-9-20(18)29-15-23)12-16-10-24-21(25-11-16)17-6-2-1-3-7-17/h4-5,8-11,17,19H,1-3,6-7,12-15H2,(H,27,28)/t19-,23-/m1/s1. The zero-order valence-electron chi connectivity index (χ0n) is 16.6. The first-order valence-corrected chi connectivity index (χ1v) is 10.6. The number of benzene rings is 1. The molecule has 3 heterocycles. The first-order chi connectivity index (χ1) is 14.2. The second kappa shape index (κ2) is 7.41. The van der Waals surface area contributed by atoms with Crippen molar-refractivity contribution in [2.45, 2.75) is 50.5 Å². The monoisotopic (exact) mass is 393 g/mol. The lowest BCUT2D eigenvalue weighted by atomic mass is 9.73. The Balaban J connectivity index is 1.33. The van der Waals surface area contributed by atoms with E-state index in [1.165, 1.54) is 32.1 Å². The number of carbonyl (C=O) groups is 1. The first-order valence-electron chi connectivity index (χ1n) is 10.6. The van der Waals surface area contributed by atoms with Gasteiger partial charge in [0.2, 0.25) is 0 Å². The number of fused-ring (bicyclic) bond motifs is 3. The number of carboxylic acid groups (broad SMARTS) is 1. The number of nitrogens with zero attached hydrogens (tertiary/aromatic N) is 3. The minimum atomic E-state index is -0.892. The lowest BCUT2D eigenvalue weighted by molar-refractivity contribution is -0.151. The summed E-state index contributed by atoms with van der Waals surface area (Å²) in [6.07, 6.45) is 10.1. The molecule has 1 aromatic carbocycles. The van der Waals surface area contributed by atoms with Crippen molar-refractivity contribution in [2.24, 2.45) is 5.41 Å². The fourth-order valence-electron chi connectivity index (χ4n) is 5.33. The van der Waals surface area contributed by atoms with Crippen LogP contribution in [0.1, 0.15) is 60.9 Å². The van der Waals surface area contributed by atoms with E-state index in [2.05, 4.69) is 14.9 Å². The van der Waals surface area contributed by atoms with Crippen molar-refractivity contribution >= 4 is 5.97 Å². The summed E-state index contributed by atoms with van der Waals surface area (Å²) in [6.45, 7) is 2.07. The van der Waals surface area contributed by atoms with Crippen LogP contribution in [0, 0.1) is 5.41 Å². The van der Waals surface area contributed by atoms with Crippen LogP contribution in [0.5, 0.6) is 5.75 Å². The Morgan fingerprint density at radius 1 is 1.17 bits per heavy atom. The zero-order valence-corrected chi connectivity index (χ0v) is 16.6. The van der Waals surface area contributed by atoms with Crippen LogP contribution in [0.4, 0.5) is 0 Å². The van der Waals surface area contributed by atoms with Gasteiger partial charge in [-0.2, -0.15) is 0 Å². The molecule has 29 heavy (non-hydrogen) atoms. The van der Waals surface area contributed by atoms with E-state index in [9.17, 15) is 9.90 Å². The van der Waals surface area contributed by atoms with Crippen molar-refractivity contribution in [1.82, 2.24) is 14.9 Å². The van der Waals surface area contributed by atoms with Gasteiger partial charge in [-0.3, -0.25) is 9.69 Å². The Hall–Kier alpha value is -2.47. The molecular weight excluding hydrogens is 366 g/mol. The van der Waals surface area contributed by atoms with Crippen molar-refractivity contribution in [2.75, 3.05) is 19.7 Å². The highest BCUT2D eigenvalue weighted by Gasteiger charge is 2.56. The predicted molar refractivity (Wildman–Crippen MR) is 108 cm³/mol. The average Bonchev–Trinajstić information content (AvgIpc) is 3.15. The number of aliphatic carboxylic acids is 1. The molecule has 0 amide bonds. The fourth-order valence-corrected chi connectivity index (χ4v) is 5.33. The predicted octanol–water partition coefficient (Wildman–Crippen LogP) is 3.59. The van der Waals surface area contributed by atoms with Crippen LogP contribution in [-0.4, -0.2) is 45.6 Å². The third-order valence-corrected chi connectivity index (χ3v) is 6.92. The Morgan fingerprint density at radius 3 is 2.69 bits per heavy atom. The molecule has 5 rings (SSSR count). The van der Waals surface area contributed by atoms with Crippen LogP contribution in [-0.2, 0) is 11.3 Å². The zero-order chi connectivity index (χ0) is 19.8. The highest BCUT2D eigenvalue weighted by molar-refractivity contribution is 5.78. The first kappa shape index (κ1) is 18.6. The van der Waals surface area contributed by atoms with E-state index in [0.717, 1.165) is 22.7 Å². The number of ether oxygens (including phenoxy) is 1. The van der Waals surface area contributed by atoms with E-state index in [1.54, 1.807) is 0 Å². The van der Waals surface area contributed by atoms with E-state index in [1.807, 2.05) is 36.7 Å². The number of hydrogen-bond acceptors (Lipinski definition) is 5. The lowest BCUT2D eigenvalue weighted by Gasteiger charge is -2.35. The summed E-state index contributed by atoms with van der Waals surface area (Å²) in [5.41, 5.74) is 1.16. The van der Waals surface area contributed by atoms with Crippen molar-refractivity contribution < 1.29 is 14.6 Å². The molecule has 0 bridgehead atoms. The molecule has 152 valence electrons. The van der Waals surface area contributed by atoms with E-state index >= 15 is 0 Å². The normalized spacial score (nSPS) is 27.1. The number of hydrogen-bond donors (Lipinski definition) is 1. The molecule has 2 aromatic rings. The van der Waals surface area contributed by atoms with Gasteiger partial charge in [0.1, 0.15) is 23.6 Å². The maximum atomic E-state index is 12.3. The third kappa shape index (κ3) is 3.29. The summed E-state index contributed by atoms with van der Waals surface area (Å²) >= 11 is 0. The molecule has 1 aliphatic carbocycles. The van der Waals surface area contributed by atoms with E-state index < -0.39 is 11.4 Å². The van der Waals surface area contributed by atoms with Crippen LogP contribution >= 0.6 is 0 Å². The van der Waals surface area contributed by atoms with Crippen molar-refractivity contribution in [3.05, 3.63) is 53.6 Å². The van der Waals surface area contributed by atoms with Gasteiger partial charge in [-0.05, 0) is 24.5 Å². The van der Waals surface area contributed by atoms with Gasteiger partial charge >= 0.3 is 5.97 Å². The van der Waals surface area contributed by atoms with Crippen LogP contribution in [0.15, 0.2) is 36.7 Å². The summed E-state index contributed by atoms with van der Waals surface area (Å²) in [4.78, 5) is 23.8. The maximum absolute atomic E-state index is 12.3. The van der Waals surface area contributed by atoms with Crippen LogP contribution < -0.4 is 4.74 Å². The van der Waals surface area contributed by atoms with Crippen LogP contribution in [0.2, 0.25) is 0 Å². The molecular formula is C23H27N3O3. The van der Waals surface area contributed by atoms with Crippen LogP contribution in [0.3, 0.4) is 0 Å². The van der Waals surface area contributed by atoms with Gasteiger partial charge in [0.15, 0.2) is 0 Å². The molecule has 6 heteroatoms. The molecule has 1 N–H and O–H groups in total. The molecule has 1 saturated heterocycles. The number of aromatic nitrogens is 2. The quantitative estimate of drug-likeness (QED) is 0.856. The van der Waals surface area contributed by atoms with E-state index in [0.29, 0.717) is 25.6 Å². The molecule has 3 aliphatic rings. The maximum Gasteiger partial charge on any atom is 0.315 e. The van der Waals surface area contributed by atoms with Gasteiger partial charge < -0.3 is 9.84 Å². The summed E-state index contributed by atoms with van der Waals surface area (Å²) in [5, 5.41) is 10.1. The Bertz CT molecular complexity index is 894. The molecule has 2 fully saturated rings. The Labute approximate surface area is 170 Å². The highest BCUT2D eigenvalue weighted by atomic mass is 16.5. The topological polar surface area (TPSA) is 75.6 Å². The smallest absolute Gasteiger partial charge is 0.315 e. The van der Waals surface area contributed by atoms with Gasteiger partial charge in [0.05, 0.1) is 0 Å². The number of likely N-dealkylation sites (tertiary alicyclic amines) is 1. The minimum absolute atomic E-state index is 0.0626. The molecule has 1 aromatic heterocycles. The van der Waals surface area contributed by atoms with Crippen molar-refractivity contribution in [1.29, 1.82) is 0 Å². The Kier molecular flexibility index (Phi) is 4.74. The second-order valence-electron chi connectivity index (χ2n) is 8.79. The fraction of sp³-hybridized carbons (Fsp3) is 0.522. The SMILES string of the molecule is O=C(O)[C@]12COc3ccccc3[C@H]1CN(Cc1cnc(C3CCCCC3)nc1)C2. The van der Waals surface area contributed by atoms with Crippen LogP contribution in [0.25, 0.3) is 0 Å². The number of carboxylic acids is 1. The van der Waals surface area contributed by atoms with E-state index in [4.69, 9.17) is 4.74 Å². The lowest BCUT2D eigenvalue weighted by Crippen LogP contribution is -2.45. The van der Waals surface area contributed by atoms with Gasteiger partial charge in [-0.15, -0.1) is 0 Å². The third-order valence-electron chi connectivity index (χ3n) is 6.92. The second-order valence-corrected chi connectivity index (χ2v) is 8.79. The number of para-hydroxylation sites is 1. The van der Waals surface area contributed by atoms with Gasteiger partial charge in [-0.1, -0.05) is 37.5 Å². The molecule has 0 spiro atoms. The van der Waals surface area contributed by atoms with Crippen molar-refractivity contribution in [3.8, 4) is 5.75 Å². The molecule has 2 atom stereocenters. The van der Waals surface area contributed by atoms with Crippen molar-refractivity contribution in [3.63, 3.8) is 0 Å². The highest BCUT2D eigenvalue weighted by Crippen LogP contribution is 2.49. The van der Waals surface area contributed by atoms with E-state index in [-0.39, 0.29) is 12.5 Å². The molecule has 1 saturated carbocycles. The van der Waals surface area contributed by atoms with Gasteiger partial charge in [0.25, 0.3) is 0 Å². The summed E-state index contributed by atoms with van der Waals surface area (Å²) in [5.74, 6) is 1.44. The van der Waals surface area contributed by atoms with Gasteiger partial charge in [-0.25, -0.2) is 9.97 Å².